The summed E-state index contributed by atoms with van der Waals surface area (Å²) in [5, 5.41) is 0. The Bertz CT molecular complexity index is 280. The van der Waals surface area contributed by atoms with Gasteiger partial charge in [0.2, 0.25) is 5.91 Å². The summed E-state index contributed by atoms with van der Waals surface area (Å²) in [6.07, 6.45) is 3.26. The van der Waals surface area contributed by atoms with Crippen LogP contribution in [0.1, 0.15) is 40.0 Å². The second kappa shape index (κ2) is 6.73. The van der Waals surface area contributed by atoms with Gasteiger partial charge in [0.15, 0.2) is 0 Å². The van der Waals surface area contributed by atoms with Gasteiger partial charge < -0.3 is 15.4 Å². The molecule has 4 nitrogen and oxygen atoms in total. The van der Waals surface area contributed by atoms with Gasteiger partial charge in [-0.05, 0) is 26.2 Å². The Hall–Kier alpha value is -0.320. The summed E-state index contributed by atoms with van der Waals surface area (Å²) in [7, 11) is 3.62. The number of methoxy groups -OCH3 is 1. The normalized spacial score (nSPS) is 26.8. The smallest absolute Gasteiger partial charge is 0.239 e. The topological polar surface area (TPSA) is 55.6 Å². The molecule has 3 atom stereocenters. The second-order valence-corrected chi connectivity index (χ2v) is 5.15. The molecule has 1 aliphatic rings. The van der Waals surface area contributed by atoms with Crippen molar-refractivity contribution < 1.29 is 9.53 Å². The molecule has 0 aromatic heterocycles. The van der Waals surface area contributed by atoms with Gasteiger partial charge in [0.25, 0.3) is 0 Å². The third-order valence-corrected chi connectivity index (χ3v) is 4.55. The first-order valence-electron chi connectivity index (χ1n) is 6.49. The Morgan fingerprint density at radius 3 is 2.33 bits per heavy atom. The molecule has 0 radical (unpaired) electrons. The van der Waals surface area contributed by atoms with Gasteiger partial charge in [0.05, 0.1) is 12.1 Å². The maximum Gasteiger partial charge on any atom is 0.239 e. The number of nitrogens with two attached hydrogens (primary N) is 1. The molecule has 0 aromatic rings. The first-order valence-corrected chi connectivity index (χ1v) is 6.49. The highest BCUT2D eigenvalue weighted by Crippen LogP contribution is 2.50. The van der Waals surface area contributed by atoms with Crippen molar-refractivity contribution in [2.24, 2.45) is 11.1 Å². The van der Waals surface area contributed by atoms with Crippen LogP contribution in [0.25, 0.3) is 0 Å². The zero-order valence-corrected chi connectivity index (χ0v) is 12.9. The predicted octanol–water partition coefficient (Wildman–Crippen LogP) is 1.81. The van der Waals surface area contributed by atoms with Crippen LogP contribution in [0.3, 0.4) is 0 Å². The zero-order valence-electron chi connectivity index (χ0n) is 12.1. The van der Waals surface area contributed by atoms with E-state index in [9.17, 15) is 4.79 Å². The molecule has 0 aromatic carbocycles. The van der Waals surface area contributed by atoms with Crippen LogP contribution in [0, 0.1) is 5.41 Å². The molecule has 18 heavy (non-hydrogen) atoms. The number of nitrogens with zero attached hydrogens (tertiary/aromatic N) is 1. The Balaban J connectivity index is 0.00000289. The van der Waals surface area contributed by atoms with Crippen LogP contribution in [-0.4, -0.2) is 43.2 Å². The monoisotopic (exact) mass is 278 g/mol. The van der Waals surface area contributed by atoms with Crippen molar-refractivity contribution in [1.29, 1.82) is 0 Å². The number of hydrogen-bond acceptors (Lipinski definition) is 3. The summed E-state index contributed by atoms with van der Waals surface area (Å²) in [5.74, 6) is 0.0239. The highest BCUT2D eigenvalue weighted by atomic mass is 35.5. The molecule has 0 aliphatic heterocycles. The second-order valence-electron chi connectivity index (χ2n) is 5.15. The van der Waals surface area contributed by atoms with E-state index < -0.39 is 6.04 Å². The number of carbonyl (C=O) groups excluding carboxylic acids is 1. The zero-order chi connectivity index (χ0) is 13.2. The van der Waals surface area contributed by atoms with Crippen LogP contribution in [0.5, 0.6) is 0 Å². The molecule has 0 saturated heterocycles. The average molecular weight is 279 g/mol. The summed E-state index contributed by atoms with van der Waals surface area (Å²) >= 11 is 0. The van der Waals surface area contributed by atoms with Crippen molar-refractivity contribution >= 4 is 18.3 Å². The first-order chi connectivity index (χ1) is 7.94. The minimum Gasteiger partial charge on any atom is -0.381 e. The summed E-state index contributed by atoms with van der Waals surface area (Å²) in [6.45, 7) is 6.09. The van der Waals surface area contributed by atoms with Gasteiger partial charge in [-0.25, -0.2) is 0 Å². The number of likely N-dealkylation sites (N-methyl/N-ethyl adjacent to an activating group) is 1. The van der Waals surface area contributed by atoms with E-state index in [1.807, 2.05) is 11.9 Å². The third-order valence-electron chi connectivity index (χ3n) is 4.55. The lowest BCUT2D eigenvalue weighted by Crippen LogP contribution is -2.65. The van der Waals surface area contributed by atoms with Gasteiger partial charge in [0.1, 0.15) is 0 Å². The van der Waals surface area contributed by atoms with Crippen molar-refractivity contribution in [3.63, 3.8) is 0 Å². The van der Waals surface area contributed by atoms with Crippen molar-refractivity contribution in [3.8, 4) is 0 Å². The van der Waals surface area contributed by atoms with E-state index in [4.69, 9.17) is 10.5 Å². The quantitative estimate of drug-likeness (QED) is 0.834. The van der Waals surface area contributed by atoms with E-state index in [2.05, 4.69) is 13.8 Å². The minimum atomic E-state index is -0.423. The van der Waals surface area contributed by atoms with Crippen LogP contribution in [-0.2, 0) is 9.53 Å². The molecule has 3 unspecified atom stereocenters. The average Bonchev–Trinajstić information content (AvgIpc) is 2.29. The van der Waals surface area contributed by atoms with Crippen molar-refractivity contribution in [1.82, 2.24) is 4.90 Å². The lowest BCUT2D eigenvalue weighted by molar-refractivity contribution is -0.170. The van der Waals surface area contributed by atoms with Gasteiger partial charge in [-0.15, -0.1) is 12.4 Å². The molecule has 0 spiro atoms. The van der Waals surface area contributed by atoms with Gasteiger partial charge in [-0.1, -0.05) is 13.8 Å². The van der Waals surface area contributed by atoms with Crippen molar-refractivity contribution in [2.75, 3.05) is 14.2 Å². The molecule has 1 fully saturated rings. The van der Waals surface area contributed by atoms with E-state index >= 15 is 0 Å². The highest BCUT2D eigenvalue weighted by molar-refractivity contribution is 5.85. The number of amides is 1. The SMILES string of the molecule is CCC1(CC)C(OC)CC1N(C)C(=O)C(C)N.Cl. The molecule has 5 heteroatoms. The fraction of sp³-hybridized carbons (Fsp3) is 0.923. The number of rotatable bonds is 5. The Morgan fingerprint density at radius 1 is 1.50 bits per heavy atom. The largest absolute Gasteiger partial charge is 0.381 e. The maximum atomic E-state index is 12.0. The van der Waals surface area contributed by atoms with Gasteiger partial charge in [-0.3, -0.25) is 4.79 Å². The summed E-state index contributed by atoms with van der Waals surface area (Å²) in [4.78, 5) is 13.8. The number of hydrogen-bond donors (Lipinski definition) is 1. The van der Waals surface area contributed by atoms with Gasteiger partial charge >= 0.3 is 0 Å². The van der Waals surface area contributed by atoms with Crippen molar-refractivity contribution in [2.45, 2.75) is 58.2 Å². The lowest BCUT2D eigenvalue weighted by Gasteiger charge is -2.58. The molecule has 0 bridgehead atoms. The highest BCUT2D eigenvalue weighted by Gasteiger charge is 2.55. The molecule has 0 heterocycles. The molecule has 1 saturated carbocycles. The maximum absolute atomic E-state index is 12.0. The summed E-state index contributed by atoms with van der Waals surface area (Å²) < 4.78 is 5.54. The molecule has 1 aliphatic carbocycles. The van der Waals surface area contributed by atoms with E-state index in [1.165, 1.54) is 0 Å². The number of ether oxygens (including phenoxy) is 1. The Kier molecular flexibility index (Phi) is 6.61. The number of carbonyl (C=O) groups is 1. The Morgan fingerprint density at radius 2 is 2.00 bits per heavy atom. The van der Waals surface area contributed by atoms with Crippen LogP contribution in [0.15, 0.2) is 0 Å². The van der Waals surface area contributed by atoms with Gasteiger partial charge in [0, 0.05) is 25.6 Å². The van der Waals surface area contributed by atoms with E-state index in [1.54, 1.807) is 14.0 Å². The summed E-state index contributed by atoms with van der Waals surface area (Å²) in [6, 6.07) is -0.158. The molecular weight excluding hydrogens is 252 g/mol. The van der Waals surface area contributed by atoms with Gasteiger partial charge in [-0.2, -0.15) is 0 Å². The van der Waals surface area contributed by atoms with Crippen LogP contribution >= 0.6 is 12.4 Å². The molecular formula is C13H27ClN2O2. The summed E-state index contributed by atoms with van der Waals surface area (Å²) in [5.41, 5.74) is 5.77. The molecule has 2 N–H and O–H groups in total. The van der Waals surface area contributed by atoms with E-state index in [-0.39, 0.29) is 35.9 Å². The van der Waals surface area contributed by atoms with Crippen molar-refractivity contribution in [3.05, 3.63) is 0 Å². The lowest BCUT2D eigenvalue weighted by atomic mass is 9.58. The minimum absolute atomic E-state index is 0. The molecule has 1 rings (SSSR count). The Labute approximate surface area is 117 Å². The molecule has 108 valence electrons. The predicted molar refractivity (Wildman–Crippen MR) is 75.9 cm³/mol. The van der Waals surface area contributed by atoms with Crippen LogP contribution < -0.4 is 5.73 Å². The molecule has 1 amide bonds. The van der Waals surface area contributed by atoms with E-state index in [0.29, 0.717) is 0 Å². The number of halogens is 1. The van der Waals surface area contributed by atoms with Crippen LogP contribution in [0.4, 0.5) is 0 Å². The van der Waals surface area contributed by atoms with Crippen LogP contribution in [0.2, 0.25) is 0 Å². The standard InChI is InChI=1S/C13H26N2O2.ClH/c1-6-13(7-2)10(8-11(13)17-5)15(4)12(16)9(3)14;/h9-11H,6-8,14H2,1-5H3;1H. The van der Waals surface area contributed by atoms with E-state index in [0.717, 1.165) is 19.3 Å². The first kappa shape index (κ1) is 17.7. The third kappa shape index (κ3) is 2.65. The fourth-order valence-corrected chi connectivity index (χ4v) is 3.25. The fourth-order valence-electron chi connectivity index (χ4n) is 3.25.